The van der Waals surface area contributed by atoms with Crippen molar-refractivity contribution in [3.8, 4) is 0 Å². The van der Waals surface area contributed by atoms with Crippen molar-refractivity contribution in [2.24, 2.45) is 0 Å². The largest absolute Gasteiger partial charge is 0.343 e. The Balaban J connectivity index is 1.89. The average Bonchev–Trinajstić information content (AvgIpc) is 2.60. The van der Waals surface area contributed by atoms with Gasteiger partial charge in [0, 0.05) is 29.0 Å². The molecule has 0 aliphatic rings. The molecule has 7 nitrogen and oxygen atoms in total. The molecule has 0 unspecified atom stereocenters. The van der Waals surface area contributed by atoms with Gasteiger partial charge in [0.25, 0.3) is 5.91 Å². The number of carbonyl (C=O) groups is 3. The Kier molecular flexibility index (Phi) is 6.36. The average molecular weight is 361 g/mol. The molecular weight excluding hydrogens is 344 g/mol. The lowest BCUT2D eigenvalue weighted by molar-refractivity contribution is -0.115. The van der Waals surface area contributed by atoms with E-state index < -0.39 is 11.8 Å². The summed E-state index contributed by atoms with van der Waals surface area (Å²) in [4.78, 5) is 35.2. The summed E-state index contributed by atoms with van der Waals surface area (Å²) in [6.45, 7) is -0.196. The van der Waals surface area contributed by atoms with Crippen LogP contribution in [0.4, 0.5) is 16.2 Å². The minimum absolute atomic E-state index is 0.196. The minimum Gasteiger partial charge on any atom is -0.343 e. The number of anilines is 2. The summed E-state index contributed by atoms with van der Waals surface area (Å²) < 4.78 is 0. The van der Waals surface area contributed by atoms with Gasteiger partial charge in [-0.2, -0.15) is 0 Å². The molecule has 0 aliphatic carbocycles. The van der Waals surface area contributed by atoms with Gasteiger partial charge in [0.15, 0.2) is 0 Å². The molecule has 2 rings (SSSR count). The first kappa shape index (κ1) is 18.3. The number of amides is 4. The zero-order valence-corrected chi connectivity index (χ0v) is 14.2. The van der Waals surface area contributed by atoms with Crippen molar-refractivity contribution in [2.75, 3.05) is 24.2 Å². The number of benzene rings is 2. The summed E-state index contributed by atoms with van der Waals surface area (Å²) in [6, 6.07) is 12.7. The standard InChI is InChI=1S/C17H17ClN4O3/c1-19-17(25)22-14-7-3-6-13(9-14)21-15(23)10-20-16(24)11-4-2-5-12(18)8-11/h2-9H,10H2,1H3,(H,20,24)(H,21,23)(H2,19,22,25). The summed E-state index contributed by atoms with van der Waals surface area (Å²) in [5.74, 6) is -0.792. The van der Waals surface area contributed by atoms with E-state index in [1.165, 1.54) is 13.1 Å². The summed E-state index contributed by atoms with van der Waals surface area (Å²) >= 11 is 5.83. The molecular formula is C17H17ClN4O3. The van der Waals surface area contributed by atoms with Gasteiger partial charge in [-0.1, -0.05) is 23.7 Å². The number of hydrogen-bond donors (Lipinski definition) is 4. The van der Waals surface area contributed by atoms with Crippen LogP contribution in [0, 0.1) is 0 Å². The maximum Gasteiger partial charge on any atom is 0.318 e. The van der Waals surface area contributed by atoms with Crippen LogP contribution in [0.2, 0.25) is 5.02 Å². The van der Waals surface area contributed by atoms with Crippen LogP contribution < -0.4 is 21.3 Å². The maximum atomic E-state index is 12.0. The zero-order chi connectivity index (χ0) is 18.2. The highest BCUT2D eigenvalue weighted by molar-refractivity contribution is 6.31. The van der Waals surface area contributed by atoms with Crippen molar-refractivity contribution in [3.05, 3.63) is 59.1 Å². The van der Waals surface area contributed by atoms with Crippen LogP contribution in [-0.4, -0.2) is 31.4 Å². The van der Waals surface area contributed by atoms with Gasteiger partial charge in [-0.3, -0.25) is 9.59 Å². The second kappa shape index (κ2) is 8.70. The molecule has 0 heterocycles. The third-order valence-electron chi connectivity index (χ3n) is 3.13. The zero-order valence-electron chi connectivity index (χ0n) is 13.4. The van der Waals surface area contributed by atoms with Gasteiger partial charge in [-0.25, -0.2) is 4.79 Å². The Bertz CT molecular complexity index is 795. The van der Waals surface area contributed by atoms with Crippen molar-refractivity contribution in [2.45, 2.75) is 0 Å². The van der Waals surface area contributed by atoms with Gasteiger partial charge in [-0.05, 0) is 36.4 Å². The summed E-state index contributed by atoms with van der Waals surface area (Å²) in [6.07, 6.45) is 0. The molecule has 0 aliphatic heterocycles. The summed E-state index contributed by atoms with van der Waals surface area (Å²) in [5.41, 5.74) is 1.40. The van der Waals surface area contributed by atoms with Gasteiger partial charge >= 0.3 is 6.03 Å². The molecule has 2 aromatic carbocycles. The van der Waals surface area contributed by atoms with Crippen LogP contribution in [0.3, 0.4) is 0 Å². The van der Waals surface area contributed by atoms with E-state index in [0.29, 0.717) is 22.0 Å². The Morgan fingerprint density at radius 3 is 2.32 bits per heavy atom. The van der Waals surface area contributed by atoms with E-state index in [2.05, 4.69) is 21.3 Å². The fourth-order valence-electron chi connectivity index (χ4n) is 1.97. The first-order chi connectivity index (χ1) is 12.0. The van der Waals surface area contributed by atoms with Crippen LogP contribution in [0.5, 0.6) is 0 Å². The van der Waals surface area contributed by atoms with E-state index in [4.69, 9.17) is 11.6 Å². The van der Waals surface area contributed by atoms with E-state index >= 15 is 0 Å². The lowest BCUT2D eigenvalue weighted by Crippen LogP contribution is -2.32. The third-order valence-corrected chi connectivity index (χ3v) is 3.36. The van der Waals surface area contributed by atoms with Gasteiger partial charge in [-0.15, -0.1) is 0 Å². The smallest absolute Gasteiger partial charge is 0.318 e. The predicted octanol–water partition coefficient (Wildman–Crippen LogP) is 2.46. The van der Waals surface area contributed by atoms with Crippen molar-refractivity contribution in [1.82, 2.24) is 10.6 Å². The Hall–Kier alpha value is -3.06. The molecule has 130 valence electrons. The Morgan fingerprint density at radius 2 is 1.64 bits per heavy atom. The molecule has 0 bridgehead atoms. The van der Waals surface area contributed by atoms with Crippen LogP contribution in [0.1, 0.15) is 10.4 Å². The number of hydrogen-bond acceptors (Lipinski definition) is 3. The maximum absolute atomic E-state index is 12.0. The first-order valence-corrected chi connectivity index (χ1v) is 7.78. The molecule has 0 saturated carbocycles. The number of carbonyl (C=O) groups excluding carboxylic acids is 3. The highest BCUT2D eigenvalue weighted by Crippen LogP contribution is 2.15. The highest BCUT2D eigenvalue weighted by atomic mass is 35.5. The van der Waals surface area contributed by atoms with Crippen LogP contribution in [0.15, 0.2) is 48.5 Å². The van der Waals surface area contributed by atoms with Crippen LogP contribution in [-0.2, 0) is 4.79 Å². The second-order valence-electron chi connectivity index (χ2n) is 5.03. The van der Waals surface area contributed by atoms with Crippen LogP contribution in [0.25, 0.3) is 0 Å². The molecule has 4 N–H and O–H groups in total. The van der Waals surface area contributed by atoms with E-state index in [9.17, 15) is 14.4 Å². The number of urea groups is 1. The van der Waals surface area contributed by atoms with Crippen molar-refractivity contribution >= 4 is 40.8 Å². The molecule has 0 saturated heterocycles. The Morgan fingerprint density at radius 1 is 0.960 bits per heavy atom. The van der Waals surface area contributed by atoms with Crippen LogP contribution >= 0.6 is 11.6 Å². The van der Waals surface area contributed by atoms with Crippen molar-refractivity contribution in [1.29, 1.82) is 0 Å². The lowest BCUT2D eigenvalue weighted by Gasteiger charge is -2.09. The van der Waals surface area contributed by atoms with E-state index in [-0.39, 0.29) is 12.6 Å². The van der Waals surface area contributed by atoms with E-state index in [1.807, 2.05) is 0 Å². The molecule has 2 aromatic rings. The topological polar surface area (TPSA) is 99.3 Å². The number of rotatable bonds is 5. The first-order valence-electron chi connectivity index (χ1n) is 7.40. The fourth-order valence-corrected chi connectivity index (χ4v) is 2.16. The van der Waals surface area contributed by atoms with Gasteiger partial charge < -0.3 is 21.3 Å². The Labute approximate surface area is 149 Å². The summed E-state index contributed by atoms with van der Waals surface area (Å²) in [5, 5.41) is 10.6. The van der Waals surface area contributed by atoms with Crippen molar-refractivity contribution in [3.63, 3.8) is 0 Å². The van der Waals surface area contributed by atoms with Gasteiger partial charge in [0.1, 0.15) is 0 Å². The van der Waals surface area contributed by atoms with E-state index in [0.717, 1.165) is 0 Å². The number of nitrogens with one attached hydrogen (secondary N) is 4. The third kappa shape index (κ3) is 5.82. The number of halogens is 1. The molecule has 0 radical (unpaired) electrons. The highest BCUT2D eigenvalue weighted by Gasteiger charge is 2.09. The molecule has 0 fully saturated rings. The van der Waals surface area contributed by atoms with Gasteiger partial charge in [0.2, 0.25) is 5.91 Å². The van der Waals surface area contributed by atoms with Gasteiger partial charge in [0.05, 0.1) is 6.54 Å². The fraction of sp³-hybridized carbons (Fsp3) is 0.118. The molecule has 0 aromatic heterocycles. The minimum atomic E-state index is -0.396. The predicted molar refractivity (Wildman–Crippen MR) is 96.9 cm³/mol. The normalized spacial score (nSPS) is 9.84. The molecule has 0 spiro atoms. The monoisotopic (exact) mass is 360 g/mol. The SMILES string of the molecule is CNC(=O)Nc1cccc(NC(=O)CNC(=O)c2cccc(Cl)c2)c1. The summed E-state index contributed by atoms with van der Waals surface area (Å²) in [7, 11) is 1.50. The van der Waals surface area contributed by atoms with Crippen molar-refractivity contribution < 1.29 is 14.4 Å². The quantitative estimate of drug-likeness (QED) is 0.659. The molecule has 0 atom stereocenters. The molecule has 4 amide bonds. The lowest BCUT2D eigenvalue weighted by atomic mass is 10.2. The molecule has 8 heteroatoms. The van der Waals surface area contributed by atoms with E-state index in [1.54, 1.807) is 42.5 Å². The second-order valence-corrected chi connectivity index (χ2v) is 5.46. The molecule has 25 heavy (non-hydrogen) atoms.